The molecule has 0 bridgehead atoms. The molecule has 3 N–H and O–H groups in total. The van der Waals surface area contributed by atoms with Gasteiger partial charge >= 0.3 is 0 Å². The zero-order valence-electron chi connectivity index (χ0n) is 12.6. The lowest BCUT2D eigenvalue weighted by Crippen LogP contribution is -2.30. The van der Waals surface area contributed by atoms with Crippen LogP contribution >= 0.6 is 11.8 Å². The first-order valence-corrected chi connectivity index (χ1v) is 10.0. The van der Waals surface area contributed by atoms with E-state index in [9.17, 15) is 8.42 Å². The largest absolute Gasteiger partial charge is 0.313 e. The average molecular weight is 332 g/mol. The van der Waals surface area contributed by atoms with Crippen LogP contribution in [0.2, 0.25) is 0 Å². The molecule has 2 heterocycles. The molecule has 0 amide bonds. The number of hydrogen-bond donors (Lipinski definition) is 3. The summed E-state index contributed by atoms with van der Waals surface area (Å²) in [4.78, 5) is 0. The van der Waals surface area contributed by atoms with Crippen molar-refractivity contribution in [2.24, 2.45) is 5.92 Å². The Morgan fingerprint density at radius 3 is 2.95 bits per heavy atom. The Morgan fingerprint density at radius 1 is 1.48 bits per heavy atom. The van der Waals surface area contributed by atoms with Crippen molar-refractivity contribution in [3.8, 4) is 0 Å². The first kappa shape index (κ1) is 16.8. The molecular formula is C13H24N4O2S2. The van der Waals surface area contributed by atoms with Crippen molar-refractivity contribution < 1.29 is 8.42 Å². The van der Waals surface area contributed by atoms with Crippen LogP contribution in [0.15, 0.2) is 5.03 Å². The van der Waals surface area contributed by atoms with Gasteiger partial charge in [0.1, 0.15) is 0 Å². The Balaban J connectivity index is 2.04. The third-order valence-corrected chi connectivity index (χ3v) is 6.23. The van der Waals surface area contributed by atoms with Crippen LogP contribution in [0.5, 0.6) is 0 Å². The summed E-state index contributed by atoms with van der Waals surface area (Å²) in [5.74, 6) is 2.60. The van der Waals surface area contributed by atoms with E-state index in [1.165, 1.54) is 0 Å². The average Bonchev–Trinajstić information content (AvgIpc) is 3.08. The topological polar surface area (TPSA) is 86.9 Å². The molecule has 0 aliphatic carbocycles. The summed E-state index contributed by atoms with van der Waals surface area (Å²) < 4.78 is 27.6. The molecular weight excluding hydrogens is 308 g/mol. The second-order valence-corrected chi connectivity index (χ2v) is 8.22. The maximum absolute atomic E-state index is 12.4. The third-order valence-electron chi connectivity index (χ3n) is 3.61. The predicted octanol–water partition coefficient (Wildman–Crippen LogP) is 1.25. The van der Waals surface area contributed by atoms with Crippen LogP contribution in [0.25, 0.3) is 0 Å². The number of aryl methyl sites for hydroxylation is 1. The van der Waals surface area contributed by atoms with E-state index in [1.54, 1.807) is 0 Å². The first-order chi connectivity index (χ1) is 10.0. The molecule has 2 rings (SSSR count). The summed E-state index contributed by atoms with van der Waals surface area (Å²) in [6, 6.07) is 0. The minimum absolute atomic E-state index is 0.134. The standard InChI is InChI=1S/C13H24N4O2S2/c1-3-5-14-8-12-10(2)16-17-13(12)21(18,19)15-7-11-4-6-20-9-11/h11,14-15H,3-9H2,1-2H3,(H,16,17). The zero-order valence-corrected chi connectivity index (χ0v) is 14.2. The monoisotopic (exact) mass is 332 g/mol. The van der Waals surface area contributed by atoms with Crippen LogP contribution in [0.1, 0.15) is 31.0 Å². The summed E-state index contributed by atoms with van der Waals surface area (Å²) in [7, 11) is -3.54. The van der Waals surface area contributed by atoms with Crippen molar-refractivity contribution in [3.05, 3.63) is 11.3 Å². The van der Waals surface area contributed by atoms with Crippen LogP contribution in [0.4, 0.5) is 0 Å². The molecule has 1 aliphatic rings. The maximum atomic E-state index is 12.4. The van der Waals surface area contributed by atoms with E-state index in [0.717, 1.165) is 42.1 Å². The van der Waals surface area contributed by atoms with E-state index in [4.69, 9.17) is 0 Å². The van der Waals surface area contributed by atoms with E-state index < -0.39 is 10.0 Å². The Labute approximate surface area is 130 Å². The van der Waals surface area contributed by atoms with Crippen LogP contribution in [0, 0.1) is 12.8 Å². The molecule has 1 atom stereocenters. The van der Waals surface area contributed by atoms with Gasteiger partial charge in [-0.3, -0.25) is 5.10 Å². The van der Waals surface area contributed by atoms with Gasteiger partial charge in [0.05, 0.1) is 0 Å². The van der Waals surface area contributed by atoms with Gasteiger partial charge in [0.2, 0.25) is 0 Å². The van der Waals surface area contributed by atoms with Gasteiger partial charge in [-0.15, -0.1) is 0 Å². The Bertz CT molecular complexity index is 551. The fourth-order valence-corrected chi connectivity index (χ4v) is 4.88. The van der Waals surface area contributed by atoms with Crippen molar-refractivity contribution in [2.45, 2.75) is 38.3 Å². The van der Waals surface area contributed by atoms with Crippen molar-refractivity contribution in [1.82, 2.24) is 20.2 Å². The predicted molar refractivity (Wildman–Crippen MR) is 85.9 cm³/mol. The van der Waals surface area contributed by atoms with Crippen LogP contribution in [0.3, 0.4) is 0 Å². The highest BCUT2D eigenvalue weighted by molar-refractivity contribution is 7.99. The van der Waals surface area contributed by atoms with Gasteiger partial charge in [0.15, 0.2) is 5.03 Å². The van der Waals surface area contributed by atoms with Gasteiger partial charge < -0.3 is 5.32 Å². The minimum atomic E-state index is -3.54. The number of hydrogen-bond acceptors (Lipinski definition) is 5. The zero-order chi connectivity index (χ0) is 15.3. The number of H-pyrrole nitrogens is 1. The quantitative estimate of drug-likeness (QED) is 0.624. The van der Waals surface area contributed by atoms with Crippen LogP contribution in [-0.4, -0.2) is 43.2 Å². The smallest absolute Gasteiger partial charge is 0.260 e. The summed E-state index contributed by atoms with van der Waals surface area (Å²) in [5, 5.41) is 10.1. The molecule has 120 valence electrons. The van der Waals surface area contributed by atoms with Crippen molar-refractivity contribution in [3.63, 3.8) is 0 Å². The maximum Gasteiger partial charge on any atom is 0.260 e. The number of thioether (sulfide) groups is 1. The molecule has 0 radical (unpaired) electrons. The number of nitrogens with zero attached hydrogens (tertiary/aromatic N) is 1. The lowest BCUT2D eigenvalue weighted by atomic mass is 10.1. The van der Waals surface area contributed by atoms with Gasteiger partial charge in [-0.25, -0.2) is 13.1 Å². The SMILES string of the molecule is CCCNCc1c(S(=O)(=O)NCC2CCSC2)n[nH]c1C. The molecule has 21 heavy (non-hydrogen) atoms. The molecule has 8 heteroatoms. The normalized spacial score (nSPS) is 19.2. The van der Waals surface area contributed by atoms with E-state index in [-0.39, 0.29) is 5.03 Å². The molecule has 0 aromatic carbocycles. The van der Waals surface area contributed by atoms with Crippen LogP contribution in [-0.2, 0) is 16.6 Å². The van der Waals surface area contributed by atoms with E-state index >= 15 is 0 Å². The molecule has 1 aliphatic heterocycles. The highest BCUT2D eigenvalue weighted by Crippen LogP contribution is 2.23. The lowest BCUT2D eigenvalue weighted by molar-refractivity contribution is 0.541. The summed E-state index contributed by atoms with van der Waals surface area (Å²) in [6.45, 7) is 5.81. The molecule has 0 spiro atoms. The van der Waals surface area contributed by atoms with Gasteiger partial charge in [0, 0.05) is 24.3 Å². The minimum Gasteiger partial charge on any atom is -0.313 e. The van der Waals surface area contributed by atoms with E-state index in [1.807, 2.05) is 18.7 Å². The number of sulfonamides is 1. The number of nitrogens with one attached hydrogen (secondary N) is 3. The van der Waals surface area contributed by atoms with Gasteiger partial charge in [-0.05, 0) is 43.7 Å². The molecule has 1 aromatic rings. The van der Waals surface area contributed by atoms with Crippen LogP contribution < -0.4 is 10.0 Å². The molecule has 6 nitrogen and oxygen atoms in total. The molecule has 1 fully saturated rings. The highest BCUT2D eigenvalue weighted by Gasteiger charge is 2.25. The lowest BCUT2D eigenvalue weighted by Gasteiger charge is -2.11. The Morgan fingerprint density at radius 2 is 2.29 bits per heavy atom. The fourth-order valence-electron chi connectivity index (χ4n) is 2.29. The number of aromatic nitrogens is 2. The fraction of sp³-hybridized carbons (Fsp3) is 0.769. The van der Waals surface area contributed by atoms with Gasteiger partial charge in [0.25, 0.3) is 10.0 Å². The first-order valence-electron chi connectivity index (χ1n) is 7.36. The number of rotatable bonds is 8. The van der Waals surface area contributed by atoms with Crippen molar-refractivity contribution in [1.29, 1.82) is 0 Å². The molecule has 1 saturated heterocycles. The number of aromatic amines is 1. The third kappa shape index (κ3) is 4.45. The van der Waals surface area contributed by atoms with E-state index in [2.05, 4.69) is 27.2 Å². The van der Waals surface area contributed by atoms with E-state index in [0.29, 0.717) is 19.0 Å². The van der Waals surface area contributed by atoms with Gasteiger partial charge in [-0.1, -0.05) is 6.92 Å². The summed E-state index contributed by atoms with van der Waals surface area (Å²) in [6.07, 6.45) is 2.09. The molecule has 1 aromatic heterocycles. The summed E-state index contributed by atoms with van der Waals surface area (Å²) >= 11 is 1.88. The highest BCUT2D eigenvalue weighted by atomic mass is 32.2. The second kappa shape index (κ2) is 7.62. The van der Waals surface area contributed by atoms with Gasteiger partial charge in [-0.2, -0.15) is 16.9 Å². The second-order valence-electron chi connectivity index (χ2n) is 5.39. The molecule has 1 unspecified atom stereocenters. The Kier molecular flexibility index (Phi) is 6.09. The summed E-state index contributed by atoms with van der Waals surface area (Å²) in [5.41, 5.74) is 1.53. The van der Waals surface area contributed by atoms with Crippen molar-refractivity contribution in [2.75, 3.05) is 24.6 Å². The van der Waals surface area contributed by atoms with Crippen molar-refractivity contribution >= 4 is 21.8 Å². The molecule has 0 saturated carbocycles. The Hall–Kier alpha value is -0.570.